The zero-order valence-electron chi connectivity index (χ0n) is 11.1. The van der Waals surface area contributed by atoms with Crippen LogP contribution >= 0.6 is 0 Å². The Labute approximate surface area is 99.5 Å². The van der Waals surface area contributed by atoms with Crippen molar-refractivity contribution in [2.45, 2.75) is 51.9 Å². The number of hydrogen-bond acceptors (Lipinski definition) is 3. The molecule has 16 heavy (non-hydrogen) atoms. The summed E-state index contributed by atoms with van der Waals surface area (Å²) in [4.78, 5) is 2.56. The Hall–Kier alpha value is -0.120. The first-order valence-electron chi connectivity index (χ1n) is 6.60. The third-order valence-electron chi connectivity index (χ3n) is 3.79. The first kappa shape index (κ1) is 12.3. The average molecular weight is 226 g/mol. The van der Waals surface area contributed by atoms with Gasteiger partial charge in [0.1, 0.15) is 0 Å². The molecule has 3 unspecified atom stereocenters. The Balaban J connectivity index is 1.89. The van der Waals surface area contributed by atoms with Gasteiger partial charge in [-0.2, -0.15) is 0 Å². The van der Waals surface area contributed by atoms with E-state index in [1.54, 1.807) is 0 Å². The van der Waals surface area contributed by atoms with Gasteiger partial charge in [0.15, 0.2) is 0 Å². The van der Waals surface area contributed by atoms with Crippen LogP contribution in [0.3, 0.4) is 0 Å². The van der Waals surface area contributed by atoms with Gasteiger partial charge in [-0.05, 0) is 39.7 Å². The Morgan fingerprint density at radius 1 is 1.38 bits per heavy atom. The fourth-order valence-electron chi connectivity index (χ4n) is 3.15. The average Bonchev–Trinajstić information content (AvgIpc) is 2.48. The van der Waals surface area contributed by atoms with E-state index in [2.05, 4.69) is 37.9 Å². The van der Waals surface area contributed by atoms with Gasteiger partial charge in [0, 0.05) is 25.7 Å². The highest BCUT2D eigenvalue weighted by Gasteiger charge is 2.33. The summed E-state index contributed by atoms with van der Waals surface area (Å²) in [6.45, 7) is 13.4. The molecule has 0 aliphatic carbocycles. The largest absolute Gasteiger partial charge is 0.370 e. The van der Waals surface area contributed by atoms with Crippen LogP contribution in [-0.4, -0.2) is 48.8 Å². The molecule has 3 nitrogen and oxygen atoms in total. The lowest BCUT2D eigenvalue weighted by molar-refractivity contribution is -0.130. The van der Waals surface area contributed by atoms with Gasteiger partial charge in [-0.3, -0.25) is 4.90 Å². The van der Waals surface area contributed by atoms with E-state index in [9.17, 15) is 0 Å². The van der Waals surface area contributed by atoms with Crippen LogP contribution in [0.2, 0.25) is 0 Å². The molecular weight excluding hydrogens is 200 g/mol. The summed E-state index contributed by atoms with van der Waals surface area (Å²) in [6.07, 6.45) is 1.69. The van der Waals surface area contributed by atoms with Crippen molar-refractivity contribution < 1.29 is 4.74 Å². The van der Waals surface area contributed by atoms with Crippen LogP contribution in [0.5, 0.6) is 0 Å². The molecule has 0 aromatic carbocycles. The third-order valence-corrected chi connectivity index (χ3v) is 3.79. The van der Waals surface area contributed by atoms with Crippen molar-refractivity contribution in [3.63, 3.8) is 0 Å². The fraction of sp³-hybridized carbons (Fsp3) is 1.00. The SMILES string of the molecule is CC1CN(CC2NCCC2C)CC(C)(C)O1. The van der Waals surface area contributed by atoms with E-state index in [0.29, 0.717) is 12.1 Å². The van der Waals surface area contributed by atoms with E-state index in [-0.39, 0.29) is 5.60 Å². The minimum absolute atomic E-state index is 0.0134. The summed E-state index contributed by atoms with van der Waals surface area (Å²) in [6, 6.07) is 0.682. The van der Waals surface area contributed by atoms with Gasteiger partial charge in [-0.25, -0.2) is 0 Å². The molecule has 0 aromatic heterocycles. The second-order valence-corrected chi connectivity index (χ2v) is 6.21. The van der Waals surface area contributed by atoms with Gasteiger partial charge in [0.05, 0.1) is 11.7 Å². The van der Waals surface area contributed by atoms with E-state index in [0.717, 1.165) is 19.0 Å². The highest BCUT2D eigenvalue weighted by atomic mass is 16.5. The number of nitrogens with zero attached hydrogens (tertiary/aromatic N) is 1. The number of ether oxygens (including phenoxy) is 1. The summed E-state index contributed by atoms with van der Waals surface area (Å²) in [5.41, 5.74) is 0.0134. The molecule has 3 atom stereocenters. The third kappa shape index (κ3) is 2.96. The van der Waals surface area contributed by atoms with Crippen LogP contribution in [0.15, 0.2) is 0 Å². The molecule has 2 aliphatic rings. The standard InChI is InChI=1S/C13H26N2O/c1-10-5-6-14-12(10)8-15-7-11(2)16-13(3,4)9-15/h10-12,14H,5-9H2,1-4H3. The van der Waals surface area contributed by atoms with Crippen molar-refractivity contribution in [2.24, 2.45) is 5.92 Å². The van der Waals surface area contributed by atoms with Crippen LogP contribution in [0.25, 0.3) is 0 Å². The lowest BCUT2D eigenvalue weighted by Crippen LogP contribution is -2.54. The van der Waals surface area contributed by atoms with Crippen molar-refractivity contribution >= 4 is 0 Å². The Morgan fingerprint density at radius 3 is 2.69 bits per heavy atom. The molecule has 1 N–H and O–H groups in total. The number of hydrogen-bond donors (Lipinski definition) is 1. The van der Waals surface area contributed by atoms with Crippen LogP contribution in [0.4, 0.5) is 0 Å². The Bertz CT molecular complexity index is 242. The molecule has 2 heterocycles. The molecule has 94 valence electrons. The van der Waals surface area contributed by atoms with Gasteiger partial charge in [-0.15, -0.1) is 0 Å². The van der Waals surface area contributed by atoms with E-state index < -0.39 is 0 Å². The molecule has 3 heteroatoms. The monoisotopic (exact) mass is 226 g/mol. The molecule has 2 saturated heterocycles. The quantitative estimate of drug-likeness (QED) is 0.772. The zero-order valence-corrected chi connectivity index (χ0v) is 11.1. The first-order chi connectivity index (χ1) is 7.46. The molecule has 0 spiro atoms. The van der Waals surface area contributed by atoms with E-state index in [4.69, 9.17) is 4.74 Å². The second-order valence-electron chi connectivity index (χ2n) is 6.21. The summed E-state index contributed by atoms with van der Waals surface area (Å²) in [7, 11) is 0. The van der Waals surface area contributed by atoms with Crippen LogP contribution in [0.1, 0.15) is 34.1 Å². The van der Waals surface area contributed by atoms with Crippen molar-refractivity contribution in [3.8, 4) is 0 Å². The Kier molecular flexibility index (Phi) is 3.57. The molecule has 0 amide bonds. The zero-order chi connectivity index (χ0) is 11.8. The molecule has 0 saturated carbocycles. The van der Waals surface area contributed by atoms with Gasteiger partial charge >= 0.3 is 0 Å². The van der Waals surface area contributed by atoms with Crippen molar-refractivity contribution in [1.82, 2.24) is 10.2 Å². The number of rotatable bonds is 2. The molecule has 2 fully saturated rings. The van der Waals surface area contributed by atoms with Gasteiger partial charge in [0.2, 0.25) is 0 Å². The van der Waals surface area contributed by atoms with E-state index in [1.165, 1.54) is 19.5 Å². The normalized spacial score (nSPS) is 40.1. The maximum atomic E-state index is 5.93. The van der Waals surface area contributed by atoms with Crippen LogP contribution in [-0.2, 0) is 4.74 Å². The molecular formula is C13H26N2O. The molecule has 0 bridgehead atoms. The number of nitrogens with one attached hydrogen (secondary N) is 1. The summed E-state index contributed by atoms with van der Waals surface area (Å²) < 4.78 is 5.93. The topological polar surface area (TPSA) is 24.5 Å². The maximum absolute atomic E-state index is 5.93. The fourth-order valence-corrected chi connectivity index (χ4v) is 3.15. The minimum atomic E-state index is 0.0134. The summed E-state index contributed by atoms with van der Waals surface area (Å²) >= 11 is 0. The highest BCUT2D eigenvalue weighted by Crippen LogP contribution is 2.23. The molecule has 2 aliphatic heterocycles. The Morgan fingerprint density at radius 2 is 2.12 bits per heavy atom. The van der Waals surface area contributed by atoms with Gasteiger partial charge in [0.25, 0.3) is 0 Å². The van der Waals surface area contributed by atoms with Crippen LogP contribution in [0, 0.1) is 5.92 Å². The molecule has 0 radical (unpaired) electrons. The van der Waals surface area contributed by atoms with Crippen molar-refractivity contribution in [1.29, 1.82) is 0 Å². The van der Waals surface area contributed by atoms with Crippen molar-refractivity contribution in [3.05, 3.63) is 0 Å². The lowest BCUT2D eigenvalue weighted by atomic mass is 10.0. The number of morpholine rings is 1. The van der Waals surface area contributed by atoms with E-state index >= 15 is 0 Å². The predicted octanol–water partition coefficient (Wildman–Crippen LogP) is 1.48. The van der Waals surface area contributed by atoms with Gasteiger partial charge in [-0.1, -0.05) is 6.92 Å². The first-order valence-corrected chi connectivity index (χ1v) is 6.60. The van der Waals surface area contributed by atoms with Crippen LogP contribution < -0.4 is 5.32 Å². The second kappa shape index (κ2) is 4.63. The van der Waals surface area contributed by atoms with Gasteiger partial charge < -0.3 is 10.1 Å². The summed E-state index contributed by atoms with van der Waals surface area (Å²) in [5.74, 6) is 0.821. The molecule has 0 aromatic rings. The predicted molar refractivity (Wildman–Crippen MR) is 66.6 cm³/mol. The minimum Gasteiger partial charge on any atom is -0.370 e. The summed E-state index contributed by atoms with van der Waals surface area (Å²) in [5, 5.41) is 3.61. The molecule has 2 rings (SSSR count). The lowest BCUT2D eigenvalue weighted by Gasteiger charge is -2.43. The smallest absolute Gasteiger partial charge is 0.0757 e. The van der Waals surface area contributed by atoms with E-state index in [1.807, 2.05) is 0 Å². The highest BCUT2D eigenvalue weighted by molar-refractivity contribution is 4.88. The van der Waals surface area contributed by atoms with Crippen molar-refractivity contribution in [2.75, 3.05) is 26.2 Å². The maximum Gasteiger partial charge on any atom is 0.0757 e.